The second kappa shape index (κ2) is 5.19. The second-order valence-electron chi connectivity index (χ2n) is 4.97. The number of alkyl halides is 3. The molecule has 1 nitrogen and oxygen atoms in total. The zero-order valence-electron chi connectivity index (χ0n) is 11.6. The molecular weight excluding hydrogens is 263 g/mol. The molecule has 20 heavy (non-hydrogen) atoms. The number of hydrogen-bond donors (Lipinski definition) is 1. The molecule has 0 bridgehead atoms. The van der Waals surface area contributed by atoms with E-state index < -0.39 is 11.7 Å². The first-order valence-corrected chi connectivity index (χ1v) is 6.29. The first kappa shape index (κ1) is 14.4. The zero-order chi connectivity index (χ0) is 14.9. The van der Waals surface area contributed by atoms with E-state index in [-0.39, 0.29) is 0 Å². The summed E-state index contributed by atoms with van der Waals surface area (Å²) in [6.07, 6.45) is -4.30. The van der Waals surface area contributed by atoms with Crippen molar-refractivity contribution in [3.8, 4) is 0 Å². The molecule has 2 aromatic carbocycles. The maximum atomic E-state index is 12.5. The van der Waals surface area contributed by atoms with E-state index in [0.29, 0.717) is 5.69 Å². The lowest BCUT2D eigenvalue weighted by atomic mass is 10.0. The molecule has 0 heterocycles. The van der Waals surface area contributed by atoms with E-state index in [1.807, 2.05) is 32.9 Å². The van der Waals surface area contributed by atoms with Gasteiger partial charge in [0.05, 0.1) is 5.56 Å². The number of anilines is 2. The Labute approximate surface area is 116 Å². The average molecular weight is 279 g/mol. The van der Waals surface area contributed by atoms with Gasteiger partial charge in [0, 0.05) is 11.4 Å². The molecule has 0 aliphatic rings. The van der Waals surface area contributed by atoms with Crippen molar-refractivity contribution in [1.82, 2.24) is 0 Å². The van der Waals surface area contributed by atoms with E-state index in [0.717, 1.165) is 34.5 Å². The van der Waals surface area contributed by atoms with E-state index in [1.165, 1.54) is 12.1 Å². The molecule has 0 spiro atoms. The summed E-state index contributed by atoms with van der Waals surface area (Å²) in [4.78, 5) is 0. The van der Waals surface area contributed by atoms with Crippen LogP contribution in [0.15, 0.2) is 36.4 Å². The Morgan fingerprint density at radius 2 is 1.35 bits per heavy atom. The predicted octanol–water partition coefficient (Wildman–Crippen LogP) is 5.37. The Morgan fingerprint density at radius 1 is 0.850 bits per heavy atom. The molecular formula is C16H16F3N. The van der Waals surface area contributed by atoms with Crippen molar-refractivity contribution in [2.75, 3.05) is 5.32 Å². The van der Waals surface area contributed by atoms with Gasteiger partial charge >= 0.3 is 6.18 Å². The molecule has 0 saturated carbocycles. The van der Waals surface area contributed by atoms with Crippen LogP contribution < -0.4 is 5.32 Å². The third-order valence-electron chi connectivity index (χ3n) is 3.16. The summed E-state index contributed by atoms with van der Waals surface area (Å²) in [5.41, 5.74) is 4.26. The molecule has 0 fully saturated rings. The summed E-state index contributed by atoms with van der Waals surface area (Å²) >= 11 is 0. The lowest BCUT2D eigenvalue weighted by molar-refractivity contribution is -0.137. The Bertz CT molecular complexity index is 590. The van der Waals surface area contributed by atoms with Crippen molar-refractivity contribution in [2.45, 2.75) is 26.9 Å². The van der Waals surface area contributed by atoms with E-state index >= 15 is 0 Å². The molecule has 2 aromatic rings. The highest BCUT2D eigenvalue weighted by Gasteiger charge is 2.29. The fourth-order valence-corrected chi connectivity index (χ4v) is 2.26. The van der Waals surface area contributed by atoms with Crippen molar-refractivity contribution < 1.29 is 13.2 Å². The second-order valence-corrected chi connectivity index (χ2v) is 4.97. The molecule has 2 rings (SSSR count). The maximum Gasteiger partial charge on any atom is 0.416 e. The quantitative estimate of drug-likeness (QED) is 0.778. The fourth-order valence-electron chi connectivity index (χ4n) is 2.26. The minimum absolute atomic E-state index is 0.639. The highest BCUT2D eigenvalue weighted by Crippen LogP contribution is 2.31. The van der Waals surface area contributed by atoms with Gasteiger partial charge in [0.25, 0.3) is 0 Å². The van der Waals surface area contributed by atoms with Gasteiger partial charge in [0.2, 0.25) is 0 Å². The van der Waals surface area contributed by atoms with E-state index in [9.17, 15) is 13.2 Å². The number of nitrogens with one attached hydrogen (secondary N) is 1. The van der Waals surface area contributed by atoms with Crippen molar-refractivity contribution in [3.05, 3.63) is 58.7 Å². The molecule has 4 heteroatoms. The molecule has 0 atom stereocenters. The third-order valence-corrected chi connectivity index (χ3v) is 3.16. The van der Waals surface area contributed by atoms with E-state index in [2.05, 4.69) is 5.32 Å². The highest BCUT2D eigenvalue weighted by atomic mass is 19.4. The summed E-state index contributed by atoms with van der Waals surface area (Å²) in [5, 5.41) is 3.18. The molecule has 1 N–H and O–H groups in total. The van der Waals surface area contributed by atoms with Gasteiger partial charge in [-0.3, -0.25) is 0 Å². The normalized spacial score (nSPS) is 11.5. The van der Waals surface area contributed by atoms with Crippen LogP contribution in [0.3, 0.4) is 0 Å². The highest BCUT2D eigenvalue weighted by molar-refractivity contribution is 5.67. The molecule has 0 aliphatic carbocycles. The average Bonchev–Trinajstić information content (AvgIpc) is 2.33. The van der Waals surface area contributed by atoms with Crippen LogP contribution in [0.4, 0.5) is 24.5 Å². The van der Waals surface area contributed by atoms with Gasteiger partial charge in [-0.25, -0.2) is 0 Å². The molecule has 0 radical (unpaired) electrons. The summed E-state index contributed by atoms with van der Waals surface area (Å²) in [5.74, 6) is 0. The molecule has 0 amide bonds. The summed E-state index contributed by atoms with van der Waals surface area (Å²) < 4.78 is 37.5. The Kier molecular flexibility index (Phi) is 3.75. The van der Waals surface area contributed by atoms with Crippen LogP contribution in [0, 0.1) is 20.8 Å². The van der Waals surface area contributed by atoms with Crippen LogP contribution in [0.5, 0.6) is 0 Å². The van der Waals surface area contributed by atoms with Gasteiger partial charge in [0.15, 0.2) is 0 Å². The zero-order valence-corrected chi connectivity index (χ0v) is 11.6. The summed E-state index contributed by atoms with van der Waals surface area (Å²) in [6, 6.07) is 9.14. The monoisotopic (exact) mass is 279 g/mol. The number of benzene rings is 2. The molecule has 106 valence electrons. The van der Waals surface area contributed by atoms with Gasteiger partial charge in [-0.1, -0.05) is 17.7 Å². The predicted molar refractivity (Wildman–Crippen MR) is 75.4 cm³/mol. The van der Waals surface area contributed by atoms with Crippen molar-refractivity contribution in [3.63, 3.8) is 0 Å². The first-order chi connectivity index (χ1) is 9.27. The van der Waals surface area contributed by atoms with Gasteiger partial charge in [-0.2, -0.15) is 13.2 Å². The molecule has 0 aliphatic heterocycles. The Balaban J connectivity index is 2.27. The lowest BCUT2D eigenvalue weighted by Crippen LogP contribution is -2.04. The van der Waals surface area contributed by atoms with Crippen LogP contribution >= 0.6 is 0 Å². The smallest absolute Gasteiger partial charge is 0.355 e. The Hall–Kier alpha value is -1.97. The van der Waals surface area contributed by atoms with Crippen molar-refractivity contribution in [2.24, 2.45) is 0 Å². The maximum absolute atomic E-state index is 12.5. The van der Waals surface area contributed by atoms with E-state index in [1.54, 1.807) is 0 Å². The van der Waals surface area contributed by atoms with Crippen LogP contribution in [0.1, 0.15) is 22.3 Å². The minimum Gasteiger partial charge on any atom is -0.355 e. The number of hydrogen-bond acceptors (Lipinski definition) is 1. The molecule has 0 unspecified atom stereocenters. The third kappa shape index (κ3) is 3.13. The van der Waals surface area contributed by atoms with Crippen molar-refractivity contribution in [1.29, 1.82) is 0 Å². The summed E-state index contributed by atoms with van der Waals surface area (Å²) in [6.45, 7) is 5.97. The van der Waals surface area contributed by atoms with Crippen molar-refractivity contribution >= 4 is 11.4 Å². The SMILES string of the molecule is Cc1cc(C)c(Nc2ccc(C(F)(F)F)cc2)c(C)c1. The largest absolute Gasteiger partial charge is 0.416 e. The number of aryl methyl sites for hydroxylation is 3. The Morgan fingerprint density at radius 3 is 1.80 bits per heavy atom. The standard InChI is InChI=1S/C16H16F3N/c1-10-8-11(2)15(12(3)9-10)20-14-6-4-13(5-7-14)16(17,18)19/h4-9,20H,1-3H3. The molecule has 0 saturated heterocycles. The minimum atomic E-state index is -4.30. The topological polar surface area (TPSA) is 12.0 Å². The van der Waals surface area contributed by atoms with Crippen LogP contribution in [-0.4, -0.2) is 0 Å². The van der Waals surface area contributed by atoms with Gasteiger partial charge < -0.3 is 5.32 Å². The van der Waals surface area contributed by atoms with Gasteiger partial charge in [-0.15, -0.1) is 0 Å². The van der Waals surface area contributed by atoms with Gasteiger partial charge in [0.1, 0.15) is 0 Å². The van der Waals surface area contributed by atoms with E-state index in [4.69, 9.17) is 0 Å². The number of halogens is 3. The fraction of sp³-hybridized carbons (Fsp3) is 0.250. The summed E-state index contributed by atoms with van der Waals surface area (Å²) in [7, 11) is 0. The van der Waals surface area contributed by atoms with Crippen LogP contribution in [-0.2, 0) is 6.18 Å². The number of rotatable bonds is 2. The van der Waals surface area contributed by atoms with Gasteiger partial charge in [-0.05, 0) is 56.2 Å². The van der Waals surface area contributed by atoms with Crippen LogP contribution in [0.2, 0.25) is 0 Å². The molecule has 0 aromatic heterocycles. The van der Waals surface area contributed by atoms with Crippen LogP contribution in [0.25, 0.3) is 0 Å². The first-order valence-electron chi connectivity index (χ1n) is 6.29. The lowest BCUT2D eigenvalue weighted by Gasteiger charge is -2.14.